The minimum atomic E-state index is -0.417. The predicted molar refractivity (Wildman–Crippen MR) is 95.3 cm³/mol. The van der Waals surface area contributed by atoms with Gasteiger partial charge < -0.3 is 15.1 Å². The van der Waals surface area contributed by atoms with Gasteiger partial charge in [0.1, 0.15) is 5.76 Å². The highest BCUT2D eigenvalue weighted by Gasteiger charge is 2.19. The molecule has 25 heavy (non-hydrogen) atoms. The Morgan fingerprint density at radius 3 is 2.40 bits per heavy atom. The number of hydrogen-bond donors (Lipinski definition) is 2. The monoisotopic (exact) mass is 345 g/mol. The first-order valence-electron chi connectivity index (χ1n) is 7.92. The number of nitrogens with one attached hydrogen (secondary N) is 2. The van der Waals surface area contributed by atoms with Crippen LogP contribution in [0, 0.1) is 10.1 Å². The molecule has 0 aliphatic rings. The minimum absolute atomic E-state index is 0.0739. The predicted octanol–water partition coefficient (Wildman–Crippen LogP) is 2.75. The van der Waals surface area contributed by atoms with E-state index in [4.69, 9.17) is 4.42 Å². The van der Waals surface area contributed by atoms with Crippen molar-refractivity contribution in [2.45, 2.75) is 39.3 Å². The quantitative estimate of drug-likeness (QED) is 0.373. The Bertz CT molecular complexity index is 744. The molecule has 1 aromatic heterocycles. The van der Waals surface area contributed by atoms with Gasteiger partial charge in [0.15, 0.2) is 5.96 Å². The summed E-state index contributed by atoms with van der Waals surface area (Å²) in [6.45, 7) is 7.10. The van der Waals surface area contributed by atoms with E-state index >= 15 is 0 Å². The van der Waals surface area contributed by atoms with Crippen molar-refractivity contribution in [1.82, 2.24) is 15.6 Å². The summed E-state index contributed by atoms with van der Waals surface area (Å²) in [6, 6.07) is 6.38. The molecule has 0 fully saturated rings. The molecule has 1 aromatic carbocycles. The van der Waals surface area contributed by atoms with Gasteiger partial charge in [-0.15, -0.1) is 0 Å². The molecular formula is C17H23N5O3. The number of aliphatic imine (C=N–C) groups is 1. The molecule has 0 aliphatic heterocycles. The lowest BCUT2D eigenvalue weighted by Crippen LogP contribution is -2.36. The summed E-state index contributed by atoms with van der Waals surface area (Å²) in [7, 11) is 1.67. The van der Waals surface area contributed by atoms with E-state index in [1.165, 1.54) is 12.1 Å². The number of hydrogen-bond acceptors (Lipinski definition) is 5. The zero-order valence-corrected chi connectivity index (χ0v) is 14.9. The highest BCUT2D eigenvalue weighted by molar-refractivity contribution is 5.79. The number of guanidine groups is 1. The van der Waals surface area contributed by atoms with Gasteiger partial charge in [-0.2, -0.15) is 0 Å². The maximum atomic E-state index is 10.7. The van der Waals surface area contributed by atoms with Crippen LogP contribution in [0.2, 0.25) is 0 Å². The van der Waals surface area contributed by atoms with Crippen molar-refractivity contribution in [2.75, 3.05) is 7.05 Å². The maximum absolute atomic E-state index is 10.7. The number of nitro benzene ring substituents is 1. The van der Waals surface area contributed by atoms with E-state index in [0.717, 1.165) is 11.3 Å². The highest BCUT2D eigenvalue weighted by atomic mass is 16.6. The van der Waals surface area contributed by atoms with Gasteiger partial charge in [0.25, 0.3) is 5.69 Å². The standard InChI is InChI=1S/C17H23N5O3/c1-17(2,3)14-10-19-15(25-14)11-21-16(18-4)20-9-12-5-7-13(8-6-12)22(23)24/h5-8,10H,9,11H2,1-4H3,(H2,18,20,21). The van der Waals surface area contributed by atoms with Crippen LogP contribution in [-0.4, -0.2) is 22.9 Å². The summed E-state index contributed by atoms with van der Waals surface area (Å²) < 4.78 is 5.72. The summed E-state index contributed by atoms with van der Waals surface area (Å²) in [5.74, 6) is 2.01. The van der Waals surface area contributed by atoms with E-state index in [2.05, 4.69) is 41.4 Å². The Morgan fingerprint density at radius 1 is 1.24 bits per heavy atom. The Labute approximate surface area is 146 Å². The van der Waals surface area contributed by atoms with Crippen molar-refractivity contribution in [3.8, 4) is 0 Å². The van der Waals surface area contributed by atoms with Crippen LogP contribution in [0.15, 0.2) is 39.9 Å². The summed E-state index contributed by atoms with van der Waals surface area (Å²) in [6.07, 6.45) is 1.74. The second-order valence-electron chi connectivity index (χ2n) is 6.57. The molecule has 1 heterocycles. The normalized spacial score (nSPS) is 12.1. The Kier molecular flexibility index (Phi) is 5.74. The van der Waals surface area contributed by atoms with Gasteiger partial charge in [0, 0.05) is 31.1 Å². The van der Waals surface area contributed by atoms with Crippen LogP contribution >= 0.6 is 0 Å². The van der Waals surface area contributed by atoms with Gasteiger partial charge >= 0.3 is 0 Å². The average molecular weight is 345 g/mol. The number of oxazole rings is 1. The Balaban J connectivity index is 1.86. The van der Waals surface area contributed by atoms with Crippen LogP contribution in [0.25, 0.3) is 0 Å². The molecule has 0 amide bonds. The highest BCUT2D eigenvalue weighted by Crippen LogP contribution is 2.22. The first-order valence-corrected chi connectivity index (χ1v) is 7.92. The molecule has 8 nitrogen and oxygen atoms in total. The Hall–Kier alpha value is -2.90. The van der Waals surface area contributed by atoms with Crippen LogP contribution < -0.4 is 10.6 Å². The summed E-state index contributed by atoms with van der Waals surface area (Å²) in [5.41, 5.74) is 0.908. The molecule has 2 rings (SSSR count). The van der Waals surface area contributed by atoms with E-state index in [1.807, 2.05) is 0 Å². The molecule has 0 unspecified atom stereocenters. The number of benzene rings is 1. The van der Waals surface area contributed by atoms with E-state index in [9.17, 15) is 10.1 Å². The summed E-state index contributed by atoms with van der Waals surface area (Å²) in [5, 5.41) is 16.9. The molecule has 0 saturated heterocycles. The number of rotatable bonds is 5. The molecular weight excluding hydrogens is 322 g/mol. The third kappa shape index (κ3) is 5.30. The topological polar surface area (TPSA) is 106 Å². The van der Waals surface area contributed by atoms with Crippen LogP contribution in [0.1, 0.15) is 38.0 Å². The Morgan fingerprint density at radius 2 is 1.88 bits per heavy atom. The molecule has 2 aromatic rings. The van der Waals surface area contributed by atoms with E-state index in [0.29, 0.717) is 24.9 Å². The molecule has 0 aliphatic carbocycles. The van der Waals surface area contributed by atoms with Gasteiger partial charge in [-0.1, -0.05) is 32.9 Å². The van der Waals surface area contributed by atoms with Gasteiger partial charge in [-0.3, -0.25) is 15.1 Å². The summed E-state index contributed by atoms with van der Waals surface area (Å²) in [4.78, 5) is 18.6. The lowest BCUT2D eigenvalue weighted by molar-refractivity contribution is -0.384. The summed E-state index contributed by atoms with van der Waals surface area (Å²) >= 11 is 0. The van der Waals surface area contributed by atoms with Crippen LogP contribution in [-0.2, 0) is 18.5 Å². The SMILES string of the molecule is CN=C(NCc1ccc([N+](=O)[O-])cc1)NCc1ncc(C(C)(C)C)o1. The maximum Gasteiger partial charge on any atom is 0.269 e. The lowest BCUT2D eigenvalue weighted by Gasteiger charge is -2.13. The minimum Gasteiger partial charge on any atom is -0.443 e. The smallest absolute Gasteiger partial charge is 0.269 e. The number of aromatic nitrogens is 1. The van der Waals surface area contributed by atoms with Crippen molar-refractivity contribution >= 4 is 11.6 Å². The largest absolute Gasteiger partial charge is 0.443 e. The molecule has 0 saturated carbocycles. The van der Waals surface area contributed by atoms with Crippen molar-refractivity contribution in [1.29, 1.82) is 0 Å². The number of nitrogens with zero attached hydrogens (tertiary/aromatic N) is 3. The van der Waals surface area contributed by atoms with Crippen molar-refractivity contribution < 1.29 is 9.34 Å². The van der Waals surface area contributed by atoms with Crippen molar-refractivity contribution in [3.05, 3.63) is 57.8 Å². The van der Waals surface area contributed by atoms with Crippen molar-refractivity contribution in [3.63, 3.8) is 0 Å². The molecule has 0 radical (unpaired) electrons. The molecule has 134 valence electrons. The van der Waals surface area contributed by atoms with E-state index < -0.39 is 4.92 Å². The fraction of sp³-hybridized carbons (Fsp3) is 0.412. The van der Waals surface area contributed by atoms with Crippen LogP contribution in [0.4, 0.5) is 5.69 Å². The van der Waals surface area contributed by atoms with Gasteiger partial charge in [-0.05, 0) is 5.56 Å². The molecule has 2 N–H and O–H groups in total. The molecule has 0 bridgehead atoms. The number of non-ortho nitro benzene ring substituents is 1. The van der Waals surface area contributed by atoms with Gasteiger partial charge in [0.2, 0.25) is 5.89 Å². The lowest BCUT2D eigenvalue weighted by atomic mass is 9.94. The van der Waals surface area contributed by atoms with Gasteiger partial charge in [-0.25, -0.2) is 4.98 Å². The van der Waals surface area contributed by atoms with Crippen molar-refractivity contribution in [2.24, 2.45) is 4.99 Å². The van der Waals surface area contributed by atoms with Crippen LogP contribution in [0.5, 0.6) is 0 Å². The molecule has 0 spiro atoms. The van der Waals surface area contributed by atoms with Crippen LogP contribution in [0.3, 0.4) is 0 Å². The second-order valence-corrected chi connectivity index (χ2v) is 6.57. The fourth-order valence-corrected chi connectivity index (χ4v) is 2.04. The number of nitro groups is 1. The third-order valence-electron chi connectivity index (χ3n) is 3.53. The molecule has 8 heteroatoms. The molecule has 0 atom stereocenters. The fourth-order valence-electron chi connectivity index (χ4n) is 2.04. The van der Waals surface area contributed by atoms with E-state index in [1.54, 1.807) is 25.4 Å². The zero-order valence-electron chi connectivity index (χ0n) is 14.9. The third-order valence-corrected chi connectivity index (χ3v) is 3.53. The first kappa shape index (κ1) is 18.4. The zero-order chi connectivity index (χ0) is 18.4. The first-order chi connectivity index (χ1) is 11.8. The second kappa shape index (κ2) is 7.78. The van der Waals surface area contributed by atoms with E-state index in [-0.39, 0.29) is 11.1 Å². The average Bonchev–Trinajstić information content (AvgIpc) is 3.04. The van der Waals surface area contributed by atoms with Gasteiger partial charge in [0.05, 0.1) is 17.7 Å².